The molecule has 2 rings (SSSR count). The molecular weight excluding hydrogens is 269 g/mol. The average Bonchev–Trinajstić information content (AvgIpc) is 2.43. The maximum absolute atomic E-state index is 14.3. The van der Waals surface area contributed by atoms with Crippen molar-refractivity contribution >= 4 is 0 Å². The van der Waals surface area contributed by atoms with Crippen molar-refractivity contribution in [2.45, 2.75) is 63.6 Å². The number of halogens is 3. The molecule has 0 saturated heterocycles. The minimum Gasteiger partial charge on any atom is -0.396 e. The summed E-state index contributed by atoms with van der Waals surface area (Å²) in [5.74, 6) is -1.58. The average molecular weight is 294 g/mol. The molecule has 5 heteroatoms. The highest BCUT2D eigenvalue weighted by atomic mass is 19.2. The van der Waals surface area contributed by atoms with E-state index in [1.165, 1.54) is 0 Å². The van der Waals surface area contributed by atoms with Gasteiger partial charge in [-0.25, -0.2) is 13.2 Å². The number of hydrogen-bond acceptors (Lipinski definition) is 2. The third-order valence-corrected chi connectivity index (χ3v) is 5.00. The van der Waals surface area contributed by atoms with E-state index >= 15 is 0 Å². The van der Waals surface area contributed by atoms with Gasteiger partial charge in [0.2, 0.25) is 0 Å². The van der Waals surface area contributed by atoms with Crippen molar-refractivity contribution < 1.29 is 23.0 Å². The van der Waals surface area contributed by atoms with E-state index in [0.717, 1.165) is 6.42 Å². The van der Waals surface area contributed by atoms with Gasteiger partial charge in [-0.15, -0.1) is 0 Å². The molecule has 0 aromatic heterocycles. The maximum atomic E-state index is 14.3. The fourth-order valence-electron chi connectivity index (χ4n) is 3.84. The molecule has 118 valence electrons. The monoisotopic (exact) mass is 294 g/mol. The van der Waals surface area contributed by atoms with Gasteiger partial charge < -0.3 is 9.84 Å². The summed E-state index contributed by atoms with van der Waals surface area (Å²) < 4.78 is 47.8. The molecule has 20 heavy (non-hydrogen) atoms. The number of alkyl halides is 3. The van der Waals surface area contributed by atoms with Crippen molar-refractivity contribution in [2.75, 3.05) is 13.2 Å². The molecule has 0 aromatic carbocycles. The smallest absolute Gasteiger partial charge is 0.136 e. The number of rotatable bonds is 4. The predicted molar refractivity (Wildman–Crippen MR) is 70.7 cm³/mol. The second-order valence-electron chi connectivity index (χ2n) is 6.14. The zero-order valence-corrected chi connectivity index (χ0v) is 12.0. The Balaban J connectivity index is 1.95. The summed E-state index contributed by atoms with van der Waals surface area (Å²) in [7, 11) is 0. The molecule has 0 heterocycles. The zero-order valence-electron chi connectivity index (χ0n) is 12.0. The lowest BCUT2D eigenvalue weighted by Gasteiger charge is -2.42. The Morgan fingerprint density at radius 3 is 2.30 bits per heavy atom. The number of aliphatic hydroxyl groups excluding tert-OH is 1. The van der Waals surface area contributed by atoms with Gasteiger partial charge in [0.25, 0.3) is 0 Å². The molecule has 0 radical (unpaired) electrons. The van der Waals surface area contributed by atoms with E-state index in [1.54, 1.807) is 0 Å². The molecule has 7 unspecified atom stereocenters. The molecule has 0 amide bonds. The van der Waals surface area contributed by atoms with Crippen LogP contribution in [0.3, 0.4) is 0 Å². The highest BCUT2D eigenvalue weighted by molar-refractivity contribution is 4.95. The van der Waals surface area contributed by atoms with E-state index in [0.29, 0.717) is 32.3 Å². The molecule has 1 N–H and O–H groups in total. The van der Waals surface area contributed by atoms with Crippen LogP contribution in [0.25, 0.3) is 0 Å². The van der Waals surface area contributed by atoms with Gasteiger partial charge in [-0.05, 0) is 44.4 Å². The van der Waals surface area contributed by atoms with E-state index < -0.39 is 36.3 Å². The van der Waals surface area contributed by atoms with E-state index in [-0.39, 0.29) is 12.7 Å². The first-order chi connectivity index (χ1) is 9.58. The summed E-state index contributed by atoms with van der Waals surface area (Å²) in [6.45, 7) is 2.10. The van der Waals surface area contributed by atoms with Crippen molar-refractivity contribution in [3.8, 4) is 0 Å². The van der Waals surface area contributed by atoms with E-state index in [1.807, 2.05) is 6.92 Å². The number of aliphatic hydroxyl groups is 1. The van der Waals surface area contributed by atoms with Crippen molar-refractivity contribution in [1.29, 1.82) is 0 Å². The van der Waals surface area contributed by atoms with Crippen LogP contribution in [0.15, 0.2) is 0 Å². The van der Waals surface area contributed by atoms with E-state index in [9.17, 15) is 13.2 Å². The minimum atomic E-state index is -1.66. The lowest BCUT2D eigenvalue weighted by Crippen LogP contribution is -2.46. The van der Waals surface area contributed by atoms with Crippen LogP contribution in [0.1, 0.15) is 39.0 Å². The Labute approximate surface area is 118 Å². The molecule has 2 aliphatic rings. The summed E-state index contributed by atoms with van der Waals surface area (Å²) in [6.07, 6.45) is -2.00. The third-order valence-electron chi connectivity index (χ3n) is 5.00. The summed E-state index contributed by atoms with van der Waals surface area (Å²) >= 11 is 0. The van der Waals surface area contributed by atoms with Gasteiger partial charge in [-0.2, -0.15) is 0 Å². The van der Waals surface area contributed by atoms with Crippen LogP contribution in [0, 0.1) is 17.8 Å². The maximum Gasteiger partial charge on any atom is 0.136 e. The molecule has 0 aliphatic heterocycles. The molecule has 2 saturated carbocycles. The largest absolute Gasteiger partial charge is 0.396 e. The third kappa shape index (κ3) is 3.30. The van der Waals surface area contributed by atoms with Gasteiger partial charge in [0, 0.05) is 25.6 Å². The molecule has 2 aliphatic carbocycles. The Bertz CT molecular complexity index is 303. The van der Waals surface area contributed by atoms with Crippen LogP contribution in [0.2, 0.25) is 0 Å². The van der Waals surface area contributed by atoms with Crippen LogP contribution in [-0.4, -0.2) is 42.9 Å². The first-order valence-electron chi connectivity index (χ1n) is 7.73. The van der Waals surface area contributed by atoms with Crippen molar-refractivity contribution in [3.63, 3.8) is 0 Å². The minimum absolute atomic E-state index is 0.0840. The topological polar surface area (TPSA) is 29.5 Å². The summed E-state index contributed by atoms with van der Waals surface area (Å²) in [5, 5.41) is 9.02. The lowest BCUT2D eigenvalue weighted by atomic mass is 9.68. The van der Waals surface area contributed by atoms with E-state index in [4.69, 9.17) is 9.84 Å². The van der Waals surface area contributed by atoms with Crippen molar-refractivity contribution in [2.24, 2.45) is 17.8 Å². The second-order valence-corrected chi connectivity index (χ2v) is 6.14. The summed E-state index contributed by atoms with van der Waals surface area (Å²) in [6, 6.07) is 0. The van der Waals surface area contributed by atoms with Gasteiger partial charge >= 0.3 is 0 Å². The summed E-state index contributed by atoms with van der Waals surface area (Å²) in [5.41, 5.74) is 0. The van der Waals surface area contributed by atoms with Crippen LogP contribution in [-0.2, 0) is 4.74 Å². The van der Waals surface area contributed by atoms with Crippen molar-refractivity contribution in [3.05, 3.63) is 0 Å². The molecule has 0 bridgehead atoms. The molecular formula is C15H25F3O2. The number of ether oxygens (including phenoxy) is 1. The molecule has 0 aromatic rings. The standard InChI is InChI=1S/C15H25F3O2/c1-2-20-10-4-6-11(13(16)7-10)12-5-3-9(8-19)14(17)15(12)18/h9-15,19H,2-8H2,1H3. The van der Waals surface area contributed by atoms with Gasteiger partial charge in [-0.3, -0.25) is 0 Å². The lowest BCUT2D eigenvalue weighted by molar-refractivity contribution is -0.0660. The number of hydrogen-bond donors (Lipinski definition) is 1. The predicted octanol–water partition coefficient (Wildman–Crippen LogP) is 3.22. The molecule has 2 fully saturated rings. The van der Waals surface area contributed by atoms with Gasteiger partial charge in [-0.1, -0.05) is 0 Å². The van der Waals surface area contributed by atoms with Crippen LogP contribution in [0.4, 0.5) is 13.2 Å². The SMILES string of the molecule is CCOC1CCC(C2CCC(CO)C(F)C2F)C(F)C1. The summed E-state index contributed by atoms with van der Waals surface area (Å²) in [4.78, 5) is 0. The van der Waals surface area contributed by atoms with E-state index in [2.05, 4.69) is 0 Å². The van der Waals surface area contributed by atoms with Crippen molar-refractivity contribution in [1.82, 2.24) is 0 Å². The Hall–Kier alpha value is -0.290. The highest BCUT2D eigenvalue weighted by Gasteiger charge is 2.46. The first-order valence-corrected chi connectivity index (χ1v) is 7.73. The molecule has 2 nitrogen and oxygen atoms in total. The Kier molecular flexibility index (Phi) is 5.73. The highest BCUT2D eigenvalue weighted by Crippen LogP contribution is 2.44. The molecule has 7 atom stereocenters. The van der Waals surface area contributed by atoms with Gasteiger partial charge in [0.05, 0.1) is 6.10 Å². The zero-order chi connectivity index (χ0) is 14.7. The molecule has 0 spiro atoms. The fraction of sp³-hybridized carbons (Fsp3) is 1.00. The Morgan fingerprint density at radius 2 is 1.70 bits per heavy atom. The van der Waals surface area contributed by atoms with Crippen LogP contribution in [0.5, 0.6) is 0 Å². The Morgan fingerprint density at radius 1 is 1.00 bits per heavy atom. The normalized spacial score (nSPS) is 46.4. The van der Waals surface area contributed by atoms with Crippen LogP contribution >= 0.6 is 0 Å². The van der Waals surface area contributed by atoms with Crippen LogP contribution < -0.4 is 0 Å². The fourth-order valence-corrected chi connectivity index (χ4v) is 3.84. The van der Waals surface area contributed by atoms with Gasteiger partial charge in [0.15, 0.2) is 0 Å². The second kappa shape index (κ2) is 7.12. The quantitative estimate of drug-likeness (QED) is 0.862. The first kappa shape index (κ1) is 16.1. The van der Waals surface area contributed by atoms with Gasteiger partial charge in [0.1, 0.15) is 18.5 Å².